The van der Waals surface area contributed by atoms with Gasteiger partial charge in [-0.15, -0.1) is 0 Å². The van der Waals surface area contributed by atoms with E-state index in [9.17, 15) is 18.8 Å². The van der Waals surface area contributed by atoms with Crippen molar-refractivity contribution in [2.45, 2.75) is 13.3 Å². The molecule has 0 aromatic heterocycles. The quantitative estimate of drug-likeness (QED) is 0.329. The van der Waals surface area contributed by atoms with Crippen LogP contribution in [-0.4, -0.2) is 55.4 Å². The lowest BCUT2D eigenvalue weighted by Gasteiger charge is -2.15. The van der Waals surface area contributed by atoms with Crippen molar-refractivity contribution in [1.82, 2.24) is 4.90 Å². The molecule has 186 valence electrons. The van der Waals surface area contributed by atoms with Crippen molar-refractivity contribution in [3.05, 3.63) is 57.7 Å². The highest BCUT2D eigenvalue weighted by Gasteiger charge is 2.34. The molecule has 0 aliphatic carbocycles. The first kappa shape index (κ1) is 26.5. The number of ether oxygens (including phenoxy) is 3. The predicted octanol–water partition coefficient (Wildman–Crippen LogP) is 4.97. The highest BCUT2D eigenvalue weighted by molar-refractivity contribution is 8.18. The van der Waals surface area contributed by atoms with Crippen molar-refractivity contribution in [2.24, 2.45) is 0 Å². The molecule has 35 heavy (non-hydrogen) atoms. The van der Waals surface area contributed by atoms with Gasteiger partial charge in [-0.05, 0) is 73.1 Å². The molecular formula is C24H24ClFN2O6S. The molecule has 1 heterocycles. The first-order valence-electron chi connectivity index (χ1n) is 10.7. The van der Waals surface area contributed by atoms with E-state index in [1.165, 1.54) is 29.2 Å². The summed E-state index contributed by atoms with van der Waals surface area (Å²) in [7, 11) is 1.55. The Balaban J connectivity index is 1.72. The molecule has 0 spiro atoms. The van der Waals surface area contributed by atoms with Gasteiger partial charge in [0.2, 0.25) is 0 Å². The lowest BCUT2D eigenvalue weighted by molar-refractivity contribution is -0.123. The van der Waals surface area contributed by atoms with Crippen molar-refractivity contribution in [2.75, 3.05) is 38.8 Å². The molecule has 8 nitrogen and oxygen atoms in total. The van der Waals surface area contributed by atoms with Crippen LogP contribution in [0.5, 0.6) is 11.5 Å². The van der Waals surface area contributed by atoms with Crippen LogP contribution < -0.4 is 14.8 Å². The first-order chi connectivity index (χ1) is 16.8. The molecule has 0 unspecified atom stereocenters. The van der Waals surface area contributed by atoms with E-state index in [0.717, 1.165) is 11.8 Å². The van der Waals surface area contributed by atoms with Crippen molar-refractivity contribution < 1.29 is 33.0 Å². The van der Waals surface area contributed by atoms with Gasteiger partial charge in [-0.3, -0.25) is 19.3 Å². The van der Waals surface area contributed by atoms with Gasteiger partial charge < -0.3 is 19.5 Å². The molecule has 1 N–H and O–H groups in total. The Bertz CT molecular complexity index is 1130. The molecule has 0 radical (unpaired) electrons. The molecule has 0 bridgehead atoms. The number of benzene rings is 2. The topological polar surface area (TPSA) is 94.2 Å². The van der Waals surface area contributed by atoms with E-state index in [-0.39, 0.29) is 45.7 Å². The van der Waals surface area contributed by atoms with Crippen LogP contribution in [0.15, 0.2) is 41.3 Å². The molecular weight excluding hydrogens is 499 g/mol. The number of nitrogens with zero attached hydrogens (tertiary/aromatic N) is 1. The van der Waals surface area contributed by atoms with Gasteiger partial charge >= 0.3 is 0 Å². The zero-order valence-corrected chi connectivity index (χ0v) is 20.7. The third kappa shape index (κ3) is 7.20. The lowest BCUT2D eigenvalue weighted by Crippen LogP contribution is -2.29. The molecule has 1 saturated heterocycles. The Morgan fingerprint density at radius 1 is 1.20 bits per heavy atom. The number of amides is 3. The minimum absolute atomic E-state index is 0.160. The number of imide groups is 1. The summed E-state index contributed by atoms with van der Waals surface area (Å²) in [6.45, 7) is 2.42. The van der Waals surface area contributed by atoms with Crippen LogP contribution in [0.25, 0.3) is 6.08 Å². The molecule has 0 atom stereocenters. The number of hydrogen-bond acceptors (Lipinski definition) is 7. The summed E-state index contributed by atoms with van der Waals surface area (Å²) in [4.78, 5) is 38.5. The fourth-order valence-corrected chi connectivity index (χ4v) is 4.29. The Kier molecular flexibility index (Phi) is 9.53. The van der Waals surface area contributed by atoms with Gasteiger partial charge in [0, 0.05) is 25.9 Å². The summed E-state index contributed by atoms with van der Waals surface area (Å²) in [5.74, 6) is -0.833. The molecule has 1 aliphatic rings. The third-order valence-electron chi connectivity index (χ3n) is 4.71. The van der Waals surface area contributed by atoms with Crippen molar-refractivity contribution in [3.8, 4) is 11.5 Å². The Morgan fingerprint density at radius 3 is 2.63 bits per heavy atom. The normalized spacial score (nSPS) is 14.5. The number of nitrogens with one attached hydrogen (secondary N) is 1. The Hall–Kier alpha value is -3.08. The van der Waals surface area contributed by atoms with Gasteiger partial charge in [-0.25, -0.2) is 4.39 Å². The van der Waals surface area contributed by atoms with E-state index in [0.29, 0.717) is 30.9 Å². The molecule has 2 aromatic rings. The van der Waals surface area contributed by atoms with Crippen molar-refractivity contribution in [3.63, 3.8) is 0 Å². The van der Waals surface area contributed by atoms with E-state index in [2.05, 4.69) is 5.32 Å². The second kappa shape index (κ2) is 12.6. The molecule has 11 heteroatoms. The molecule has 0 saturated carbocycles. The minimum atomic E-state index is -0.471. The van der Waals surface area contributed by atoms with Crippen molar-refractivity contribution >= 4 is 52.2 Å². The second-order valence-electron chi connectivity index (χ2n) is 7.29. The monoisotopic (exact) mass is 522 g/mol. The molecule has 3 amide bonds. The number of hydrogen-bond donors (Lipinski definition) is 1. The summed E-state index contributed by atoms with van der Waals surface area (Å²) >= 11 is 7.25. The maximum atomic E-state index is 13.0. The van der Waals surface area contributed by atoms with Crippen LogP contribution in [0.3, 0.4) is 0 Å². The molecule has 3 rings (SSSR count). The maximum absolute atomic E-state index is 13.0. The number of methoxy groups -OCH3 is 1. The van der Waals surface area contributed by atoms with Crippen LogP contribution in [-0.2, 0) is 14.3 Å². The summed E-state index contributed by atoms with van der Waals surface area (Å²) in [6.07, 6.45) is 2.10. The average molecular weight is 523 g/mol. The standard InChI is InChI=1S/C24H24ClFN2O6S/c1-3-33-19-12-15(13-20-23(30)28(24(31)35-20)9-4-10-32-2)11-18(25)22(19)34-14-21(29)27-17-7-5-16(26)6-8-17/h5-8,11-13H,3-4,9-10,14H2,1-2H3,(H,27,29)/b20-13+. The molecule has 1 aliphatic heterocycles. The lowest BCUT2D eigenvalue weighted by atomic mass is 10.1. The van der Waals surface area contributed by atoms with E-state index in [1.54, 1.807) is 32.2 Å². The third-order valence-corrected chi connectivity index (χ3v) is 5.90. The fourth-order valence-electron chi connectivity index (χ4n) is 3.15. The fraction of sp³-hybridized carbons (Fsp3) is 0.292. The van der Waals surface area contributed by atoms with Gasteiger partial charge in [-0.1, -0.05) is 11.6 Å². The van der Waals surface area contributed by atoms with Crippen LogP contribution >= 0.6 is 23.4 Å². The first-order valence-corrected chi connectivity index (χ1v) is 11.9. The van der Waals surface area contributed by atoms with Gasteiger partial charge in [0.1, 0.15) is 5.82 Å². The molecule has 1 fully saturated rings. The number of halogens is 2. The van der Waals surface area contributed by atoms with E-state index >= 15 is 0 Å². The van der Waals surface area contributed by atoms with Crippen LogP contribution in [0.2, 0.25) is 5.02 Å². The van der Waals surface area contributed by atoms with Gasteiger partial charge in [-0.2, -0.15) is 0 Å². The zero-order valence-electron chi connectivity index (χ0n) is 19.1. The minimum Gasteiger partial charge on any atom is -0.490 e. The van der Waals surface area contributed by atoms with Crippen LogP contribution in [0.4, 0.5) is 14.9 Å². The van der Waals surface area contributed by atoms with Gasteiger partial charge in [0.05, 0.1) is 16.5 Å². The average Bonchev–Trinajstić information content (AvgIpc) is 3.07. The summed E-state index contributed by atoms with van der Waals surface area (Å²) in [5, 5.41) is 2.41. The number of thioether (sulfide) groups is 1. The van der Waals surface area contributed by atoms with E-state index in [4.69, 9.17) is 25.8 Å². The number of rotatable bonds is 11. The number of carbonyl (C=O) groups is 3. The maximum Gasteiger partial charge on any atom is 0.293 e. The van der Waals surface area contributed by atoms with E-state index < -0.39 is 11.7 Å². The van der Waals surface area contributed by atoms with Crippen molar-refractivity contribution in [1.29, 1.82) is 0 Å². The van der Waals surface area contributed by atoms with Gasteiger partial charge in [0.25, 0.3) is 17.1 Å². The molecule has 2 aromatic carbocycles. The summed E-state index contributed by atoms with van der Waals surface area (Å²) in [6, 6.07) is 8.48. The zero-order chi connectivity index (χ0) is 25.4. The largest absolute Gasteiger partial charge is 0.490 e. The van der Waals surface area contributed by atoms with Crippen LogP contribution in [0, 0.1) is 5.82 Å². The highest BCUT2D eigenvalue weighted by Crippen LogP contribution is 2.39. The summed E-state index contributed by atoms with van der Waals surface area (Å²) in [5.41, 5.74) is 0.951. The van der Waals surface area contributed by atoms with Gasteiger partial charge in [0.15, 0.2) is 18.1 Å². The SMILES string of the molecule is CCOc1cc(/C=C2/SC(=O)N(CCCOC)C2=O)cc(Cl)c1OCC(=O)Nc1ccc(F)cc1. The van der Waals surface area contributed by atoms with Crippen LogP contribution in [0.1, 0.15) is 18.9 Å². The van der Waals surface area contributed by atoms with E-state index in [1.807, 2.05) is 0 Å². The smallest absolute Gasteiger partial charge is 0.293 e. The Labute approximate surface area is 211 Å². The number of anilines is 1. The Morgan fingerprint density at radius 2 is 1.94 bits per heavy atom. The predicted molar refractivity (Wildman–Crippen MR) is 132 cm³/mol. The second-order valence-corrected chi connectivity index (χ2v) is 8.69. The number of carbonyl (C=O) groups excluding carboxylic acids is 3. The highest BCUT2D eigenvalue weighted by atomic mass is 35.5. The summed E-state index contributed by atoms with van der Waals surface area (Å²) < 4.78 is 29.2.